The summed E-state index contributed by atoms with van der Waals surface area (Å²) >= 11 is 0. The molecule has 0 fully saturated rings. The first-order valence-electron chi connectivity index (χ1n) is 43.6. The molecule has 0 amide bonds. The number of rotatable bonds is 14. The topological polar surface area (TPSA) is 302 Å². The third kappa shape index (κ3) is 26.7. The van der Waals surface area contributed by atoms with Crippen LogP contribution in [0, 0.1) is 45.0 Å². The molecule has 0 aliphatic rings. The number of aromatic carboxylic acids is 1. The number of aryl methyl sites for hydroxylation is 3. The summed E-state index contributed by atoms with van der Waals surface area (Å²) in [5.41, 5.74) is 18.9. The van der Waals surface area contributed by atoms with E-state index in [2.05, 4.69) is 248 Å². The summed E-state index contributed by atoms with van der Waals surface area (Å²) in [5.74, 6) is -0.163. The monoisotopic (exact) mass is 2530 g/mol. The molecule has 0 saturated carbocycles. The van der Waals surface area contributed by atoms with Gasteiger partial charge in [0.2, 0.25) is 0 Å². The van der Waals surface area contributed by atoms with Gasteiger partial charge in [-0.25, -0.2) is 9.78 Å². The number of aliphatic hydroxyl groups is 6. The van der Waals surface area contributed by atoms with Gasteiger partial charge in [-0.3, -0.25) is 19.9 Å². The van der Waals surface area contributed by atoms with E-state index in [-0.39, 0.29) is 117 Å². The maximum Gasteiger partial charge on any atom is 0.354 e. The van der Waals surface area contributed by atoms with Crippen molar-refractivity contribution >= 4 is 136 Å². The molecule has 704 valence electrons. The van der Waals surface area contributed by atoms with Crippen molar-refractivity contribution in [3.63, 3.8) is 0 Å². The number of hydrogen-bond donors (Lipinski definition) is 7. The maximum absolute atomic E-state index is 10.1. The molecule has 5 aromatic heterocycles. The van der Waals surface area contributed by atoms with Crippen LogP contribution in [-0.4, -0.2) is 145 Å². The predicted octanol–water partition coefficient (Wildman–Crippen LogP) is 22.9. The minimum Gasteiger partial charge on any atom is -0.497 e. The first kappa shape index (κ1) is 107. The summed E-state index contributed by atoms with van der Waals surface area (Å²) < 4.78 is 14.1. The van der Waals surface area contributed by atoms with E-state index in [0.29, 0.717) is 12.8 Å². The zero-order chi connectivity index (χ0) is 93.6. The van der Waals surface area contributed by atoms with Crippen LogP contribution in [0.15, 0.2) is 316 Å². The summed E-state index contributed by atoms with van der Waals surface area (Å²) in [6.07, 6.45) is 6.51. The number of ether oxygens (including phenoxy) is 3. The fourth-order valence-electron chi connectivity index (χ4n) is 15.7. The molecule has 16 aromatic carbocycles. The van der Waals surface area contributed by atoms with Crippen molar-refractivity contribution in [1.29, 1.82) is 0 Å². The van der Waals surface area contributed by atoms with Crippen LogP contribution in [0.5, 0.6) is 5.75 Å². The Hall–Kier alpha value is -12.3. The van der Waals surface area contributed by atoms with Crippen LogP contribution in [0.4, 0.5) is 0 Å². The molecular formula is C113H101Ir4N9O11-4. The zero-order valence-electron chi connectivity index (χ0n) is 76.7. The number of carboxylic acids is 1. The minimum absolute atomic E-state index is 0. The number of hydrogen-bond acceptors (Lipinski definition) is 19. The van der Waals surface area contributed by atoms with Crippen LogP contribution >= 0.6 is 0 Å². The third-order valence-electron chi connectivity index (χ3n) is 21.9. The molecule has 21 aromatic rings. The summed E-state index contributed by atoms with van der Waals surface area (Å²) in [5, 5.41) is 78.0. The van der Waals surface area contributed by atoms with Crippen LogP contribution in [0.2, 0.25) is 0 Å². The maximum atomic E-state index is 10.1. The SMILES string of the molecule is CC(O)CC(C)O.CC(O)CC(C)O.COC(O)CC(O)OC.COc1ccc(-c2cnc3c4[c-]cccc4c4ccccc4c3n2)cc1.Cc1cccc(-c2cnc3c4[c-]cccc4c4ccccc4c3n2)c1.Cc1cccc(-c2cnc3c4[c-]cccc4c4ccccc4c3n2)c1.Cc1cccc(-c2cnc3c4[c-]cccc4c4ccccc4c3n2)c1.O=C(O)c1ccccn1.[Ir].[Ir].[Ir].[Ir]. The second-order valence-electron chi connectivity index (χ2n) is 32.2. The molecule has 137 heavy (non-hydrogen) atoms. The van der Waals surface area contributed by atoms with Crippen LogP contribution in [-0.2, 0) is 89.9 Å². The van der Waals surface area contributed by atoms with Crippen molar-refractivity contribution in [1.82, 2.24) is 44.9 Å². The number of benzene rings is 16. The number of methoxy groups -OCH3 is 3. The number of carboxylic acid groups (broad SMARTS) is 1. The molecule has 0 aliphatic heterocycles. The molecule has 5 heterocycles. The number of aromatic nitrogens is 9. The van der Waals surface area contributed by atoms with Gasteiger partial charge >= 0.3 is 5.97 Å². The molecule has 20 nitrogen and oxygen atoms in total. The van der Waals surface area contributed by atoms with E-state index in [1.165, 1.54) is 80.9 Å². The standard InChI is InChI=1S/C23H15N2O.3C23H15N2.C6H5NO2.C5H12O4.2C5H12O2.4Ir/c1-26-16-12-10-15(11-13-16)21-14-24-22-19-8-4-2-6-17(19)18-7-3-5-9-20(18)23(22)25-21;3*1-15-7-6-8-16(13-15)21-14-24-22-19-11-4-2-9-17(19)18-10-3-5-12-20(18)23(22)25-21;8-6(9)5-3-1-2-4-7-5;1-8-4(6)3-5(7)9-2;2*1-4(6)3-5(2)7;;;;/h2-7,9-14H,1H3;3*2-10,12-14H,1H3;1-4H,(H,8,9);4-7H,3H2,1-2H3;2*4-7H,3H2,1-2H3;;;;/q4*-1;;;;;;;;. The molecule has 21 rings (SSSR count). The number of fused-ring (bicyclic) bond motifs is 24. The van der Waals surface area contributed by atoms with Crippen molar-refractivity contribution in [3.05, 3.63) is 363 Å². The summed E-state index contributed by atoms with van der Waals surface area (Å²) in [7, 11) is 4.37. The van der Waals surface area contributed by atoms with Gasteiger partial charge in [0.05, 0.1) is 76.4 Å². The van der Waals surface area contributed by atoms with Gasteiger partial charge in [-0.15, -0.1) is 119 Å². The van der Waals surface area contributed by atoms with E-state index in [1.54, 1.807) is 46.9 Å². The Kier molecular flexibility index (Phi) is 39.9. The van der Waals surface area contributed by atoms with E-state index in [0.717, 1.165) is 143 Å². The quantitative estimate of drug-likeness (QED) is 0.0302. The van der Waals surface area contributed by atoms with Gasteiger partial charge in [0.1, 0.15) is 11.4 Å². The van der Waals surface area contributed by atoms with Gasteiger partial charge in [-0.2, -0.15) is 0 Å². The second kappa shape index (κ2) is 51.2. The van der Waals surface area contributed by atoms with E-state index in [9.17, 15) is 4.79 Å². The molecule has 6 unspecified atom stereocenters. The first-order chi connectivity index (χ1) is 64.5. The Morgan fingerprint density at radius 3 is 0.803 bits per heavy atom. The minimum atomic E-state index is -0.990. The van der Waals surface area contributed by atoms with Crippen LogP contribution in [0.25, 0.3) is 175 Å². The smallest absolute Gasteiger partial charge is 0.354 e. The van der Waals surface area contributed by atoms with Gasteiger partial charge in [-0.1, -0.05) is 218 Å². The van der Waals surface area contributed by atoms with E-state index >= 15 is 0 Å². The molecule has 0 aliphatic carbocycles. The normalized spacial score (nSPS) is 12.0. The molecule has 0 spiro atoms. The Morgan fingerprint density at radius 1 is 0.299 bits per heavy atom. The second-order valence-corrected chi connectivity index (χ2v) is 32.2. The van der Waals surface area contributed by atoms with Gasteiger partial charge in [0.25, 0.3) is 0 Å². The van der Waals surface area contributed by atoms with Crippen molar-refractivity contribution in [2.24, 2.45) is 0 Å². The average Bonchev–Trinajstić information content (AvgIpc) is 0.756. The van der Waals surface area contributed by atoms with E-state index in [4.69, 9.17) is 80.4 Å². The molecule has 24 heteroatoms. The van der Waals surface area contributed by atoms with Crippen LogP contribution < -0.4 is 4.74 Å². The third-order valence-corrected chi connectivity index (χ3v) is 21.9. The Balaban J connectivity index is 0.000000169. The molecule has 0 bridgehead atoms. The number of carbonyl (C=O) groups is 1. The van der Waals surface area contributed by atoms with Crippen LogP contribution in [0.1, 0.15) is 74.1 Å². The molecule has 6 atom stereocenters. The van der Waals surface area contributed by atoms with Gasteiger partial charge in [0.15, 0.2) is 12.6 Å². The fourth-order valence-corrected chi connectivity index (χ4v) is 15.7. The predicted molar refractivity (Wildman–Crippen MR) is 534 cm³/mol. The molecule has 7 N–H and O–H groups in total. The Morgan fingerprint density at radius 2 is 0.569 bits per heavy atom. The van der Waals surface area contributed by atoms with Crippen molar-refractivity contribution in [2.45, 2.75) is 105 Å². The average molecular weight is 2530 g/mol. The number of nitrogens with zero attached hydrogens (tertiary/aromatic N) is 9. The largest absolute Gasteiger partial charge is 0.497 e. The summed E-state index contributed by atoms with van der Waals surface area (Å²) in [6.45, 7) is 12.9. The molecule has 4 radical (unpaired) electrons. The molecule has 0 saturated heterocycles. The number of pyridine rings is 1. The fraction of sp³-hybridized carbons (Fsp3) is 0.168. The van der Waals surface area contributed by atoms with Gasteiger partial charge < -0.3 is 69.9 Å². The van der Waals surface area contributed by atoms with Crippen molar-refractivity contribution in [2.75, 3.05) is 21.3 Å². The zero-order valence-corrected chi connectivity index (χ0v) is 86.3. The number of aliphatic hydroxyl groups excluding tert-OH is 6. The first-order valence-corrected chi connectivity index (χ1v) is 43.6. The van der Waals surface area contributed by atoms with Crippen molar-refractivity contribution < 1.29 is 135 Å². The van der Waals surface area contributed by atoms with Gasteiger partial charge in [0, 0.05) is 176 Å². The Bertz CT molecular complexity index is 6990. The van der Waals surface area contributed by atoms with Gasteiger partial charge in [-0.05, 0) is 137 Å². The van der Waals surface area contributed by atoms with Crippen molar-refractivity contribution in [3.8, 4) is 50.8 Å². The Labute approximate surface area is 848 Å². The summed E-state index contributed by atoms with van der Waals surface area (Å²) in [4.78, 5) is 52.7. The summed E-state index contributed by atoms with van der Waals surface area (Å²) in [6, 6.07) is 109. The molecular weight excluding hydrogens is 2430 g/mol. The van der Waals surface area contributed by atoms with Crippen LogP contribution in [0.3, 0.4) is 0 Å². The van der Waals surface area contributed by atoms with E-state index < -0.39 is 18.5 Å². The van der Waals surface area contributed by atoms with E-state index in [1.807, 2.05) is 104 Å².